The summed E-state index contributed by atoms with van der Waals surface area (Å²) in [5.74, 6) is -0.358. The normalized spacial score (nSPS) is 20.2. The van der Waals surface area contributed by atoms with Gasteiger partial charge in [-0.25, -0.2) is 0 Å². The van der Waals surface area contributed by atoms with Crippen molar-refractivity contribution in [3.63, 3.8) is 0 Å². The first-order valence-electron chi connectivity index (χ1n) is 9.67. The molecule has 1 aromatic heterocycles. The fraction of sp³-hybridized carbons (Fsp3) is 0.429. The number of ether oxygens (including phenoxy) is 2. The molecule has 0 aliphatic carbocycles. The van der Waals surface area contributed by atoms with Crippen LogP contribution >= 0.6 is 11.9 Å². The van der Waals surface area contributed by atoms with Crippen molar-refractivity contribution in [3.05, 3.63) is 47.3 Å². The van der Waals surface area contributed by atoms with Gasteiger partial charge in [-0.1, -0.05) is 0 Å². The molecule has 29 heavy (non-hydrogen) atoms. The van der Waals surface area contributed by atoms with E-state index in [1.165, 1.54) is 11.9 Å². The number of carbonyl (C=O) groups is 2. The Morgan fingerprint density at radius 2 is 2.21 bits per heavy atom. The summed E-state index contributed by atoms with van der Waals surface area (Å²) in [6.45, 7) is 7.53. The Morgan fingerprint density at radius 3 is 2.97 bits per heavy atom. The molecule has 8 heteroatoms. The highest BCUT2D eigenvalue weighted by atomic mass is 32.2. The van der Waals surface area contributed by atoms with E-state index < -0.39 is 0 Å². The van der Waals surface area contributed by atoms with E-state index in [-0.39, 0.29) is 23.5 Å². The highest BCUT2D eigenvalue weighted by Gasteiger charge is 2.28. The maximum absolute atomic E-state index is 12.5. The van der Waals surface area contributed by atoms with E-state index in [9.17, 15) is 9.59 Å². The highest BCUT2D eigenvalue weighted by Crippen LogP contribution is 2.34. The van der Waals surface area contributed by atoms with E-state index in [0.717, 1.165) is 10.5 Å². The minimum absolute atomic E-state index is 0.00990. The average Bonchev–Trinajstić information content (AvgIpc) is 2.99. The van der Waals surface area contributed by atoms with E-state index >= 15 is 0 Å². The van der Waals surface area contributed by atoms with Gasteiger partial charge in [0, 0.05) is 18.3 Å². The van der Waals surface area contributed by atoms with Gasteiger partial charge in [-0.2, -0.15) is 0 Å². The first-order valence-corrected chi connectivity index (χ1v) is 10.4. The average molecular weight is 416 g/mol. The van der Waals surface area contributed by atoms with Gasteiger partial charge in [-0.3, -0.25) is 13.6 Å². The monoisotopic (exact) mass is 415 g/mol. The summed E-state index contributed by atoms with van der Waals surface area (Å²) < 4.78 is 13.4. The number of hydrogen-bond acceptors (Lipinski definition) is 5. The summed E-state index contributed by atoms with van der Waals surface area (Å²) in [5.41, 5.74) is 2.52. The Bertz CT molecular complexity index is 943. The molecular formula is C21H25N3O4S. The van der Waals surface area contributed by atoms with Crippen LogP contribution in [0.1, 0.15) is 46.7 Å². The van der Waals surface area contributed by atoms with Gasteiger partial charge >= 0.3 is 0 Å². The molecule has 2 amide bonds. The molecule has 2 aliphatic heterocycles. The maximum Gasteiger partial charge on any atom is 0.273 e. The van der Waals surface area contributed by atoms with Crippen LogP contribution in [0.3, 0.4) is 0 Å². The lowest BCUT2D eigenvalue weighted by molar-refractivity contribution is -0.175. The lowest BCUT2D eigenvalue weighted by Gasteiger charge is -2.34. The number of nitrogens with zero attached hydrogens (tertiary/aromatic N) is 1. The Morgan fingerprint density at radius 1 is 1.38 bits per heavy atom. The van der Waals surface area contributed by atoms with Crippen molar-refractivity contribution in [2.24, 2.45) is 0 Å². The number of nitrogens with one attached hydrogen (secondary N) is 2. The summed E-state index contributed by atoms with van der Waals surface area (Å²) in [6, 6.07) is 7.20. The zero-order valence-corrected chi connectivity index (χ0v) is 17.6. The van der Waals surface area contributed by atoms with Crippen molar-refractivity contribution < 1.29 is 19.1 Å². The van der Waals surface area contributed by atoms with Gasteiger partial charge in [0.1, 0.15) is 5.69 Å². The Labute approximate surface area is 174 Å². The Hall–Kier alpha value is -2.29. The van der Waals surface area contributed by atoms with Crippen molar-refractivity contribution in [2.45, 2.75) is 43.8 Å². The summed E-state index contributed by atoms with van der Waals surface area (Å²) >= 11 is 1.46. The minimum Gasteiger partial charge on any atom is -0.373 e. The van der Waals surface area contributed by atoms with Crippen LogP contribution in [-0.2, 0) is 9.47 Å². The second kappa shape index (κ2) is 7.85. The quantitative estimate of drug-likeness (QED) is 0.801. The number of benzene rings is 1. The predicted molar refractivity (Wildman–Crippen MR) is 112 cm³/mol. The molecule has 0 spiro atoms. The van der Waals surface area contributed by atoms with Crippen LogP contribution in [0.5, 0.6) is 0 Å². The number of anilines is 1. The summed E-state index contributed by atoms with van der Waals surface area (Å²) in [7, 11) is 0. The number of carbonyl (C=O) groups excluding carboxylic acids is 2. The first kappa shape index (κ1) is 20.0. The molecule has 0 saturated carbocycles. The molecule has 3 heterocycles. The van der Waals surface area contributed by atoms with E-state index in [1.807, 2.05) is 43.1 Å². The molecule has 2 aromatic rings. The topological polar surface area (TPSA) is 81.6 Å². The SMILES string of the molecule is Cc1cc2n(c1)Sc1ccc(C(=O)NCCC3COC(C)(C)CO3)cc1NC2=O. The molecule has 154 valence electrons. The van der Waals surface area contributed by atoms with Crippen LogP contribution in [-0.4, -0.2) is 47.3 Å². The highest BCUT2D eigenvalue weighted by molar-refractivity contribution is 7.98. The smallest absolute Gasteiger partial charge is 0.273 e. The fourth-order valence-corrected chi connectivity index (χ4v) is 4.30. The number of aromatic nitrogens is 1. The second-order valence-electron chi connectivity index (χ2n) is 8.03. The Kier molecular flexibility index (Phi) is 5.42. The van der Waals surface area contributed by atoms with Crippen molar-refractivity contribution in [1.29, 1.82) is 0 Å². The number of fused-ring (bicyclic) bond motifs is 2. The molecule has 4 rings (SSSR count). The first-order chi connectivity index (χ1) is 13.8. The van der Waals surface area contributed by atoms with Gasteiger partial charge in [-0.05, 0) is 69.0 Å². The fourth-order valence-electron chi connectivity index (χ4n) is 3.30. The van der Waals surface area contributed by atoms with E-state index in [4.69, 9.17) is 9.47 Å². The third-order valence-electron chi connectivity index (χ3n) is 4.92. The zero-order valence-electron chi connectivity index (χ0n) is 16.8. The van der Waals surface area contributed by atoms with Crippen molar-refractivity contribution in [1.82, 2.24) is 9.29 Å². The number of aryl methyl sites for hydroxylation is 1. The van der Waals surface area contributed by atoms with Crippen molar-refractivity contribution >= 4 is 29.4 Å². The Balaban J connectivity index is 1.37. The largest absolute Gasteiger partial charge is 0.373 e. The standard InChI is InChI=1S/C21H25N3O4S/c1-13-8-17-20(26)23-16-9-14(4-5-18(16)29-24(17)10-13)19(25)22-7-6-15-11-28-21(2,3)12-27-15/h4-5,8-10,15H,6-7,11-12H2,1-3H3,(H,22,25)(H,23,26). The van der Waals surface area contributed by atoms with Gasteiger partial charge < -0.3 is 20.1 Å². The van der Waals surface area contributed by atoms with E-state index in [0.29, 0.717) is 43.1 Å². The molecule has 1 atom stereocenters. The van der Waals surface area contributed by atoms with E-state index in [2.05, 4.69) is 10.6 Å². The number of hydrogen-bond donors (Lipinski definition) is 2. The molecule has 7 nitrogen and oxygen atoms in total. The molecule has 2 N–H and O–H groups in total. The van der Waals surface area contributed by atoms with E-state index in [1.54, 1.807) is 12.1 Å². The molecule has 2 aliphatic rings. The number of amides is 2. The minimum atomic E-state index is -0.246. The lowest BCUT2D eigenvalue weighted by Crippen LogP contribution is -2.43. The van der Waals surface area contributed by atoms with Crippen LogP contribution in [0.2, 0.25) is 0 Å². The third-order valence-corrected chi connectivity index (χ3v) is 5.97. The van der Waals surface area contributed by atoms with Crippen LogP contribution in [0, 0.1) is 6.92 Å². The molecule has 1 fully saturated rings. The molecule has 1 unspecified atom stereocenters. The summed E-state index contributed by atoms with van der Waals surface area (Å²) in [4.78, 5) is 25.9. The molecule has 0 bridgehead atoms. The van der Waals surface area contributed by atoms with Crippen molar-refractivity contribution in [3.8, 4) is 0 Å². The van der Waals surface area contributed by atoms with Crippen LogP contribution < -0.4 is 10.6 Å². The van der Waals surface area contributed by atoms with Crippen LogP contribution in [0.25, 0.3) is 0 Å². The van der Waals surface area contributed by atoms with Gasteiger partial charge in [0.15, 0.2) is 0 Å². The summed E-state index contributed by atoms with van der Waals surface area (Å²) in [5, 5.41) is 5.83. The van der Waals surface area contributed by atoms with Crippen LogP contribution in [0.4, 0.5) is 5.69 Å². The van der Waals surface area contributed by atoms with Crippen LogP contribution in [0.15, 0.2) is 35.4 Å². The second-order valence-corrected chi connectivity index (χ2v) is 9.05. The molecule has 0 radical (unpaired) electrons. The molecule has 1 saturated heterocycles. The van der Waals surface area contributed by atoms with Crippen molar-refractivity contribution in [2.75, 3.05) is 25.1 Å². The van der Waals surface area contributed by atoms with Gasteiger partial charge in [0.05, 0.1) is 35.5 Å². The maximum atomic E-state index is 12.5. The lowest BCUT2D eigenvalue weighted by atomic mass is 10.1. The van der Waals surface area contributed by atoms with Gasteiger partial charge in [-0.15, -0.1) is 0 Å². The summed E-state index contributed by atoms with van der Waals surface area (Å²) in [6.07, 6.45) is 2.60. The third kappa shape index (κ3) is 4.49. The van der Waals surface area contributed by atoms with Gasteiger partial charge in [0.25, 0.3) is 11.8 Å². The zero-order chi connectivity index (χ0) is 20.6. The molecule has 1 aromatic carbocycles. The molecular weight excluding hydrogens is 390 g/mol. The van der Waals surface area contributed by atoms with Gasteiger partial charge in [0.2, 0.25) is 0 Å². The predicted octanol–water partition coefficient (Wildman–Crippen LogP) is 3.23. The number of rotatable bonds is 4.